The molecule has 1 saturated carbocycles. The van der Waals surface area contributed by atoms with Crippen molar-refractivity contribution in [1.82, 2.24) is 30.0 Å². The summed E-state index contributed by atoms with van der Waals surface area (Å²) in [6.45, 7) is 3.50. The topological polar surface area (TPSA) is 115 Å². The van der Waals surface area contributed by atoms with Gasteiger partial charge in [0.05, 0.1) is 18.3 Å². The molecule has 0 aromatic carbocycles. The molecule has 1 atom stereocenters. The van der Waals surface area contributed by atoms with E-state index in [1.807, 2.05) is 13.0 Å². The van der Waals surface area contributed by atoms with E-state index in [1.165, 1.54) is 0 Å². The predicted molar refractivity (Wildman–Crippen MR) is 117 cm³/mol. The zero-order valence-corrected chi connectivity index (χ0v) is 18.5. The predicted octanol–water partition coefficient (Wildman–Crippen LogP) is 2.42. The Morgan fingerprint density at radius 2 is 2.03 bits per heavy atom. The van der Waals surface area contributed by atoms with E-state index in [1.54, 1.807) is 9.80 Å². The van der Waals surface area contributed by atoms with E-state index in [2.05, 4.69) is 15.2 Å². The Morgan fingerprint density at radius 3 is 2.81 bits per heavy atom. The van der Waals surface area contributed by atoms with Gasteiger partial charge < -0.3 is 14.8 Å². The number of carbonyl (C=O) groups excluding carboxylic acids is 2. The molecule has 2 fully saturated rings. The van der Waals surface area contributed by atoms with Crippen LogP contribution in [-0.2, 0) is 17.8 Å². The van der Waals surface area contributed by atoms with Crippen LogP contribution in [0.1, 0.15) is 97.1 Å². The molecule has 2 amide bonds. The number of aromatic nitrogens is 4. The molecule has 2 N–H and O–H groups in total. The first-order valence-electron chi connectivity index (χ1n) is 11.8. The summed E-state index contributed by atoms with van der Waals surface area (Å²) in [5.74, 6) is 0.988. The molecule has 3 aliphatic rings. The van der Waals surface area contributed by atoms with Crippen molar-refractivity contribution in [3.63, 3.8) is 0 Å². The van der Waals surface area contributed by atoms with Crippen molar-refractivity contribution in [2.24, 2.45) is 0 Å². The van der Waals surface area contributed by atoms with Crippen LogP contribution in [0, 0.1) is 0 Å². The number of aromatic amines is 2. The van der Waals surface area contributed by atoms with Crippen LogP contribution in [-0.4, -0.2) is 54.9 Å². The van der Waals surface area contributed by atoms with Crippen molar-refractivity contribution in [1.29, 1.82) is 0 Å². The van der Waals surface area contributed by atoms with Crippen molar-refractivity contribution < 1.29 is 9.59 Å². The van der Waals surface area contributed by atoms with Gasteiger partial charge >= 0.3 is 0 Å². The first-order valence-corrected chi connectivity index (χ1v) is 11.8. The molecule has 2 aliphatic heterocycles. The molecule has 170 valence electrons. The third kappa shape index (κ3) is 3.96. The number of fused-ring (bicyclic) bond motifs is 1. The number of carbonyl (C=O) groups is 2. The van der Waals surface area contributed by atoms with Crippen molar-refractivity contribution >= 4 is 11.8 Å². The highest BCUT2D eigenvalue weighted by Gasteiger charge is 2.34. The Morgan fingerprint density at radius 1 is 1.19 bits per heavy atom. The molecule has 32 heavy (non-hydrogen) atoms. The van der Waals surface area contributed by atoms with Gasteiger partial charge in [0.2, 0.25) is 5.91 Å². The van der Waals surface area contributed by atoms with Crippen molar-refractivity contribution in [3.05, 3.63) is 44.9 Å². The minimum atomic E-state index is -0.294. The summed E-state index contributed by atoms with van der Waals surface area (Å²) in [5.41, 5.74) is 2.62. The van der Waals surface area contributed by atoms with Crippen molar-refractivity contribution in [3.8, 4) is 0 Å². The number of nitrogens with zero attached hydrogens (tertiary/aromatic N) is 4. The molecule has 0 spiro atoms. The summed E-state index contributed by atoms with van der Waals surface area (Å²) >= 11 is 0. The second-order valence-corrected chi connectivity index (χ2v) is 9.18. The van der Waals surface area contributed by atoms with Crippen molar-refractivity contribution in [2.75, 3.05) is 13.1 Å². The van der Waals surface area contributed by atoms with Gasteiger partial charge in [-0.3, -0.25) is 19.5 Å². The lowest BCUT2D eigenvalue weighted by molar-refractivity contribution is -0.132. The fraction of sp³-hybridized carbons (Fsp3) is 0.609. The Hall–Kier alpha value is -2.97. The second kappa shape index (κ2) is 8.52. The first kappa shape index (κ1) is 20.9. The molecule has 1 saturated heterocycles. The van der Waals surface area contributed by atoms with Gasteiger partial charge in [-0.05, 0) is 51.0 Å². The first-order chi connectivity index (χ1) is 15.5. The summed E-state index contributed by atoms with van der Waals surface area (Å²) in [6, 6.07) is 1.57. The average Bonchev–Trinajstić information content (AvgIpc) is 3.54. The van der Waals surface area contributed by atoms with E-state index in [9.17, 15) is 14.4 Å². The van der Waals surface area contributed by atoms with Gasteiger partial charge in [-0.2, -0.15) is 5.10 Å². The van der Waals surface area contributed by atoms with E-state index in [0.717, 1.165) is 44.2 Å². The smallest absolute Gasteiger partial charge is 0.274 e. The zero-order valence-electron chi connectivity index (χ0n) is 18.5. The van der Waals surface area contributed by atoms with Crippen LogP contribution < -0.4 is 5.56 Å². The average molecular weight is 439 g/mol. The minimum absolute atomic E-state index is 0.0984. The number of rotatable bonds is 5. The molecular weight excluding hydrogens is 408 g/mol. The van der Waals surface area contributed by atoms with Crippen LogP contribution in [0.5, 0.6) is 0 Å². The van der Waals surface area contributed by atoms with E-state index in [4.69, 9.17) is 4.98 Å². The van der Waals surface area contributed by atoms with Gasteiger partial charge in [-0.1, -0.05) is 6.92 Å². The minimum Gasteiger partial charge on any atom is -0.336 e. The quantitative estimate of drug-likeness (QED) is 0.744. The van der Waals surface area contributed by atoms with Crippen LogP contribution >= 0.6 is 0 Å². The fourth-order valence-corrected chi connectivity index (χ4v) is 4.86. The van der Waals surface area contributed by atoms with E-state index >= 15 is 0 Å². The maximum atomic E-state index is 13.3. The number of piperidine rings is 1. The van der Waals surface area contributed by atoms with Crippen LogP contribution in [0.15, 0.2) is 10.9 Å². The Labute approximate surface area is 186 Å². The van der Waals surface area contributed by atoms with Gasteiger partial charge in [0.25, 0.3) is 11.5 Å². The highest BCUT2D eigenvalue weighted by Crippen LogP contribution is 2.39. The molecule has 2 aromatic heterocycles. The highest BCUT2D eigenvalue weighted by molar-refractivity contribution is 5.92. The standard InChI is InChI=1S/C23H30N6O3/c1-2-5-20(30)28-11-9-15-18(13-28)24-21(25-22(15)31)19-6-3-4-10-29(19)23(32)17-12-16(26-27-17)14-7-8-14/h12,14,19H,2-11,13H2,1H3,(H,26,27)(H,24,25,31). The van der Waals surface area contributed by atoms with Gasteiger partial charge in [0.15, 0.2) is 0 Å². The summed E-state index contributed by atoms with van der Waals surface area (Å²) in [5, 5.41) is 7.27. The fourth-order valence-electron chi connectivity index (χ4n) is 4.86. The van der Waals surface area contributed by atoms with Gasteiger partial charge in [0, 0.05) is 36.7 Å². The lowest BCUT2D eigenvalue weighted by Gasteiger charge is -2.35. The normalized spacial score (nSPS) is 20.8. The van der Waals surface area contributed by atoms with Gasteiger partial charge in [-0.25, -0.2) is 4.98 Å². The molecule has 1 aliphatic carbocycles. The van der Waals surface area contributed by atoms with Crippen LogP contribution in [0.3, 0.4) is 0 Å². The molecule has 1 unspecified atom stereocenters. The third-order valence-corrected chi connectivity index (χ3v) is 6.82. The molecule has 2 aromatic rings. The van der Waals surface area contributed by atoms with E-state index in [-0.39, 0.29) is 23.4 Å². The van der Waals surface area contributed by atoms with E-state index in [0.29, 0.717) is 61.2 Å². The zero-order chi connectivity index (χ0) is 22.2. The maximum Gasteiger partial charge on any atom is 0.274 e. The number of nitrogens with one attached hydrogen (secondary N) is 2. The molecule has 0 radical (unpaired) electrons. The van der Waals surface area contributed by atoms with Gasteiger partial charge in [0.1, 0.15) is 11.5 Å². The summed E-state index contributed by atoms with van der Waals surface area (Å²) in [7, 11) is 0. The Balaban J connectivity index is 1.41. The maximum absolute atomic E-state index is 13.3. The highest BCUT2D eigenvalue weighted by atomic mass is 16.2. The van der Waals surface area contributed by atoms with Crippen LogP contribution in [0.4, 0.5) is 0 Å². The molecule has 4 heterocycles. The number of likely N-dealkylation sites (tertiary alicyclic amines) is 1. The van der Waals surface area contributed by atoms with Crippen LogP contribution in [0.25, 0.3) is 0 Å². The largest absolute Gasteiger partial charge is 0.336 e. The lowest BCUT2D eigenvalue weighted by Crippen LogP contribution is -2.42. The number of amides is 2. The lowest BCUT2D eigenvalue weighted by atomic mass is 9.99. The second-order valence-electron chi connectivity index (χ2n) is 9.18. The monoisotopic (exact) mass is 438 g/mol. The van der Waals surface area contributed by atoms with Crippen molar-refractivity contribution in [2.45, 2.75) is 76.8 Å². The number of H-pyrrole nitrogens is 2. The SMILES string of the molecule is CCCC(=O)N1CCc2c(nc(C3CCCCN3C(=O)c3cc(C4CC4)[nH]n3)[nH]c2=O)C1. The molecule has 9 heteroatoms. The molecular formula is C23H30N6O3. The molecule has 5 rings (SSSR count). The summed E-state index contributed by atoms with van der Waals surface area (Å²) < 4.78 is 0. The number of hydrogen-bond donors (Lipinski definition) is 2. The molecule has 0 bridgehead atoms. The summed E-state index contributed by atoms with van der Waals surface area (Å²) in [6.07, 6.45) is 6.71. The summed E-state index contributed by atoms with van der Waals surface area (Å²) in [4.78, 5) is 49.8. The number of hydrogen-bond acceptors (Lipinski definition) is 5. The van der Waals surface area contributed by atoms with E-state index < -0.39 is 0 Å². The molecule has 9 nitrogen and oxygen atoms in total. The van der Waals surface area contributed by atoms with Crippen LogP contribution in [0.2, 0.25) is 0 Å². The Kier molecular flexibility index (Phi) is 5.57. The third-order valence-electron chi connectivity index (χ3n) is 6.82. The Bertz CT molecular complexity index is 1090. The van der Waals surface area contributed by atoms with Gasteiger partial charge in [-0.15, -0.1) is 0 Å².